The Morgan fingerprint density at radius 2 is 1.90 bits per heavy atom. The standard InChI is InChI=1S/C16H31N3O2/c1-13(2)11-14(19-7-9-21-10-8-19)12-18-15(20)16(17)5-3-4-6-16/h13-14H,3-12,17H2,1-2H3,(H,18,20). The second kappa shape index (κ2) is 7.56. The van der Waals surface area contributed by atoms with E-state index in [0.29, 0.717) is 18.5 Å². The maximum atomic E-state index is 12.4. The van der Waals surface area contributed by atoms with E-state index in [0.717, 1.165) is 58.4 Å². The van der Waals surface area contributed by atoms with Crippen molar-refractivity contribution in [1.29, 1.82) is 0 Å². The topological polar surface area (TPSA) is 67.6 Å². The quantitative estimate of drug-likeness (QED) is 0.771. The van der Waals surface area contributed by atoms with Gasteiger partial charge in [-0.2, -0.15) is 0 Å². The fraction of sp³-hybridized carbons (Fsp3) is 0.938. The number of nitrogens with one attached hydrogen (secondary N) is 1. The van der Waals surface area contributed by atoms with Gasteiger partial charge < -0.3 is 15.8 Å². The number of nitrogens with zero attached hydrogens (tertiary/aromatic N) is 1. The molecule has 0 bridgehead atoms. The zero-order valence-corrected chi connectivity index (χ0v) is 13.6. The SMILES string of the molecule is CC(C)CC(CNC(=O)C1(N)CCCC1)N1CCOCC1. The highest BCUT2D eigenvalue weighted by Crippen LogP contribution is 2.27. The molecule has 2 aliphatic rings. The molecule has 1 saturated heterocycles. The minimum atomic E-state index is -0.618. The summed E-state index contributed by atoms with van der Waals surface area (Å²) in [5.74, 6) is 0.662. The van der Waals surface area contributed by atoms with Crippen LogP contribution in [0.1, 0.15) is 46.0 Å². The second-order valence-corrected chi connectivity index (χ2v) is 7.00. The first-order valence-electron chi connectivity index (χ1n) is 8.40. The van der Waals surface area contributed by atoms with Crippen LogP contribution < -0.4 is 11.1 Å². The summed E-state index contributed by atoms with van der Waals surface area (Å²) in [6, 6.07) is 0.392. The third-order valence-corrected chi connectivity index (χ3v) is 4.75. The summed E-state index contributed by atoms with van der Waals surface area (Å²) >= 11 is 0. The van der Waals surface area contributed by atoms with Gasteiger partial charge in [0.1, 0.15) is 0 Å². The summed E-state index contributed by atoms with van der Waals surface area (Å²) in [6.45, 7) is 8.68. The fourth-order valence-corrected chi connectivity index (χ4v) is 3.47. The smallest absolute Gasteiger partial charge is 0.240 e. The lowest BCUT2D eigenvalue weighted by molar-refractivity contribution is -0.126. The zero-order chi connectivity index (χ0) is 15.3. The normalized spacial score (nSPS) is 24.2. The number of ether oxygens (including phenoxy) is 1. The summed E-state index contributed by atoms with van der Waals surface area (Å²) in [5, 5.41) is 3.12. The van der Waals surface area contributed by atoms with E-state index in [9.17, 15) is 4.79 Å². The van der Waals surface area contributed by atoms with Crippen molar-refractivity contribution in [3.63, 3.8) is 0 Å². The van der Waals surface area contributed by atoms with Crippen molar-refractivity contribution in [3.05, 3.63) is 0 Å². The van der Waals surface area contributed by atoms with Crippen molar-refractivity contribution in [2.24, 2.45) is 11.7 Å². The van der Waals surface area contributed by atoms with Crippen molar-refractivity contribution in [2.45, 2.75) is 57.5 Å². The number of rotatable bonds is 6. The van der Waals surface area contributed by atoms with Crippen LogP contribution in [-0.2, 0) is 9.53 Å². The number of amides is 1. The number of morpholine rings is 1. The molecule has 1 amide bonds. The summed E-state index contributed by atoms with van der Waals surface area (Å²) in [7, 11) is 0. The highest BCUT2D eigenvalue weighted by atomic mass is 16.5. The van der Waals surface area contributed by atoms with Crippen LogP contribution in [0, 0.1) is 5.92 Å². The molecule has 0 aromatic heterocycles. The third-order valence-electron chi connectivity index (χ3n) is 4.75. The van der Waals surface area contributed by atoms with Crippen LogP contribution in [0.3, 0.4) is 0 Å². The molecule has 1 aliphatic carbocycles. The van der Waals surface area contributed by atoms with Gasteiger partial charge in [-0.15, -0.1) is 0 Å². The van der Waals surface area contributed by atoms with Crippen LogP contribution in [0.25, 0.3) is 0 Å². The van der Waals surface area contributed by atoms with Gasteiger partial charge in [-0.05, 0) is 25.2 Å². The minimum Gasteiger partial charge on any atom is -0.379 e. The third kappa shape index (κ3) is 4.66. The van der Waals surface area contributed by atoms with Gasteiger partial charge in [-0.25, -0.2) is 0 Å². The molecule has 2 fully saturated rings. The Labute approximate surface area is 128 Å². The van der Waals surface area contributed by atoms with Crippen molar-refractivity contribution in [3.8, 4) is 0 Å². The average molecular weight is 297 g/mol. The Balaban J connectivity index is 1.87. The molecule has 122 valence electrons. The van der Waals surface area contributed by atoms with Crippen LogP contribution in [-0.4, -0.2) is 55.2 Å². The van der Waals surface area contributed by atoms with Gasteiger partial charge in [0.25, 0.3) is 0 Å². The van der Waals surface area contributed by atoms with E-state index < -0.39 is 5.54 Å². The van der Waals surface area contributed by atoms with Crippen molar-refractivity contribution >= 4 is 5.91 Å². The van der Waals surface area contributed by atoms with Gasteiger partial charge >= 0.3 is 0 Å². The molecule has 0 radical (unpaired) electrons. The Hall–Kier alpha value is -0.650. The Kier molecular flexibility index (Phi) is 6.02. The molecule has 0 spiro atoms. The molecule has 21 heavy (non-hydrogen) atoms. The molecule has 3 N–H and O–H groups in total. The molecule has 2 rings (SSSR count). The number of carbonyl (C=O) groups excluding carboxylic acids is 1. The van der Waals surface area contributed by atoms with Gasteiger partial charge in [0, 0.05) is 25.7 Å². The molecule has 0 aromatic rings. The van der Waals surface area contributed by atoms with E-state index in [1.165, 1.54) is 0 Å². The zero-order valence-electron chi connectivity index (χ0n) is 13.6. The number of hydrogen-bond donors (Lipinski definition) is 2. The molecule has 1 saturated carbocycles. The Morgan fingerprint density at radius 1 is 1.29 bits per heavy atom. The lowest BCUT2D eigenvalue weighted by Gasteiger charge is -2.36. The number of carbonyl (C=O) groups is 1. The first-order chi connectivity index (χ1) is 10.0. The monoisotopic (exact) mass is 297 g/mol. The van der Waals surface area contributed by atoms with Crippen molar-refractivity contribution in [1.82, 2.24) is 10.2 Å². The van der Waals surface area contributed by atoms with E-state index in [4.69, 9.17) is 10.5 Å². The van der Waals surface area contributed by atoms with Crippen molar-refractivity contribution < 1.29 is 9.53 Å². The van der Waals surface area contributed by atoms with Gasteiger partial charge in [0.15, 0.2) is 0 Å². The first kappa shape index (κ1) is 16.7. The predicted octanol–water partition coefficient (Wildman–Crippen LogP) is 1.12. The largest absolute Gasteiger partial charge is 0.379 e. The minimum absolute atomic E-state index is 0.0435. The molecule has 1 unspecified atom stereocenters. The van der Waals surface area contributed by atoms with E-state index in [2.05, 4.69) is 24.1 Å². The maximum absolute atomic E-state index is 12.4. The highest BCUT2D eigenvalue weighted by Gasteiger charge is 2.37. The predicted molar refractivity (Wildman–Crippen MR) is 84.0 cm³/mol. The molecule has 1 aliphatic heterocycles. The van der Waals surface area contributed by atoms with Gasteiger partial charge in [-0.1, -0.05) is 26.7 Å². The van der Waals surface area contributed by atoms with Crippen molar-refractivity contribution in [2.75, 3.05) is 32.8 Å². The molecule has 0 aromatic carbocycles. The van der Waals surface area contributed by atoms with Crippen LogP contribution >= 0.6 is 0 Å². The maximum Gasteiger partial charge on any atom is 0.240 e. The van der Waals surface area contributed by atoms with E-state index in [1.54, 1.807) is 0 Å². The summed E-state index contributed by atoms with van der Waals surface area (Å²) in [4.78, 5) is 14.8. The Morgan fingerprint density at radius 3 is 2.48 bits per heavy atom. The Bertz CT molecular complexity index is 334. The van der Waals surface area contributed by atoms with Gasteiger partial charge in [-0.3, -0.25) is 9.69 Å². The second-order valence-electron chi connectivity index (χ2n) is 7.00. The molecular weight excluding hydrogens is 266 g/mol. The lowest BCUT2D eigenvalue weighted by Crippen LogP contribution is -2.55. The lowest BCUT2D eigenvalue weighted by atomic mass is 9.97. The molecule has 1 atom stereocenters. The molecule has 5 nitrogen and oxygen atoms in total. The van der Waals surface area contributed by atoms with Crippen LogP contribution in [0.15, 0.2) is 0 Å². The summed E-state index contributed by atoms with van der Waals surface area (Å²) in [5.41, 5.74) is 5.61. The van der Waals surface area contributed by atoms with E-state index in [1.807, 2.05) is 0 Å². The van der Waals surface area contributed by atoms with Crippen LogP contribution in [0.2, 0.25) is 0 Å². The summed E-state index contributed by atoms with van der Waals surface area (Å²) in [6.07, 6.45) is 4.89. The highest BCUT2D eigenvalue weighted by molar-refractivity contribution is 5.86. The fourth-order valence-electron chi connectivity index (χ4n) is 3.47. The molecular formula is C16H31N3O2. The van der Waals surface area contributed by atoms with Gasteiger partial charge in [0.05, 0.1) is 18.8 Å². The summed E-state index contributed by atoms with van der Waals surface area (Å²) < 4.78 is 5.43. The molecule has 5 heteroatoms. The van der Waals surface area contributed by atoms with Crippen LogP contribution in [0.4, 0.5) is 0 Å². The van der Waals surface area contributed by atoms with Crippen LogP contribution in [0.5, 0.6) is 0 Å². The van der Waals surface area contributed by atoms with E-state index in [-0.39, 0.29) is 5.91 Å². The van der Waals surface area contributed by atoms with Gasteiger partial charge in [0.2, 0.25) is 5.91 Å². The number of nitrogens with two attached hydrogens (primary N) is 1. The first-order valence-corrected chi connectivity index (χ1v) is 8.40. The van der Waals surface area contributed by atoms with E-state index >= 15 is 0 Å². The number of hydrogen-bond acceptors (Lipinski definition) is 4. The average Bonchev–Trinajstić information content (AvgIpc) is 2.92. The molecule has 1 heterocycles.